The molecule has 1 fully saturated rings. The molecule has 4 nitrogen and oxygen atoms in total. The lowest BCUT2D eigenvalue weighted by atomic mass is 9.80. The summed E-state index contributed by atoms with van der Waals surface area (Å²) >= 11 is 0. The number of anilines is 1. The normalized spacial score (nSPS) is 17.6. The molecule has 1 saturated carbocycles. The summed E-state index contributed by atoms with van der Waals surface area (Å²) in [6.07, 6.45) is 9.69. The number of amides is 1. The molecule has 0 radical (unpaired) electrons. The van der Waals surface area contributed by atoms with Crippen molar-refractivity contribution >= 4 is 23.5 Å². The van der Waals surface area contributed by atoms with E-state index in [-0.39, 0.29) is 17.6 Å². The Bertz CT molecular complexity index is 1050. The van der Waals surface area contributed by atoms with Crippen LogP contribution in [0, 0.1) is 18.8 Å². The number of methoxy groups -OCH3 is 1. The van der Waals surface area contributed by atoms with Gasteiger partial charge in [-0.15, -0.1) is 0 Å². The van der Waals surface area contributed by atoms with Gasteiger partial charge in [-0.05, 0) is 94.5 Å². The Labute approximate surface area is 218 Å². The van der Waals surface area contributed by atoms with Gasteiger partial charge in [-0.1, -0.05) is 57.0 Å². The van der Waals surface area contributed by atoms with Crippen LogP contribution >= 0.6 is 0 Å². The molecule has 36 heavy (non-hydrogen) atoms. The Morgan fingerprint density at radius 1 is 1.03 bits per heavy atom. The van der Waals surface area contributed by atoms with Crippen molar-refractivity contribution in [3.05, 3.63) is 64.2 Å². The summed E-state index contributed by atoms with van der Waals surface area (Å²) in [6, 6.07) is 11.7. The minimum Gasteiger partial charge on any atom is -0.496 e. The Balaban J connectivity index is 0.000000319. The van der Waals surface area contributed by atoms with Crippen molar-refractivity contribution in [2.24, 2.45) is 11.8 Å². The third kappa shape index (κ3) is 8.36. The second kappa shape index (κ2) is 14.6. The summed E-state index contributed by atoms with van der Waals surface area (Å²) in [4.78, 5) is 23.7. The highest BCUT2D eigenvalue weighted by atomic mass is 16.5. The third-order valence-electron chi connectivity index (χ3n) is 7.39. The molecule has 2 aromatic carbocycles. The number of hydrogen-bond donors (Lipinski definition) is 1. The zero-order chi connectivity index (χ0) is 26.7. The molecular weight excluding hydrogens is 446 g/mol. The standard InChI is InChI=1S/C21H31NO2.C11H14O/c1-5-15(3)13-18-14-19(11-12-20(18)24-4)22-21(23)17-9-7-16(6-2)8-10-17;1-4-10-8(2)6-5-7-11(10)9(3)12/h11-14,16-17H,5-10H2,1-4H3,(H,22,23);5-7H,4H2,1-3H3/b15-13+;. The summed E-state index contributed by atoms with van der Waals surface area (Å²) in [7, 11) is 1.68. The van der Waals surface area contributed by atoms with Crippen LogP contribution in [0.2, 0.25) is 0 Å². The van der Waals surface area contributed by atoms with E-state index in [1.807, 2.05) is 43.3 Å². The van der Waals surface area contributed by atoms with E-state index in [1.165, 1.54) is 36.0 Å². The summed E-state index contributed by atoms with van der Waals surface area (Å²) in [6.45, 7) is 12.2. The van der Waals surface area contributed by atoms with Gasteiger partial charge in [0.25, 0.3) is 0 Å². The number of ether oxygens (including phenoxy) is 1. The summed E-state index contributed by atoms with van der Waals surface area (Å²) in [5.74, 6) is 2.13. The molecule has 1 aliphatic rings. The van der Waals surface area contributed by atoms with Crippen LogP contribution in [0.3, 0.4) is 0 Å². The zero-order valence-electron chi connectivity index (χ0n) is 23.4. The van der Waals surface area contributed by atoms with Crippen molar-refractivity contribution in [2.45, 2.75) is 86.5 Å². The summed E-state index contributed by atoms with van der Waals surface area (Å²) < 4.78 is 5.43. The first kappa shape index (κ1) is 29.4. The number of aryl methyl sites for hydroxylation is 1. The minimum absolute atomic E-state index is 0.159. The average molecular weight is 492 g/mol. The van der Waals surface area contributed by atoms with Gasteiger partial charge in [0.2, 0.25) is 5.91 Å². The fourth-order valence-electron chi connectivity index (χ4n) is 4.87. The summed E-state index contributed by atoms with van der Waals surface area (Å²) in [5.41, 5.74) is 6.43. The molecular formula is C32H45NO3. The number of rotatable bonds is 8. The van der Waals surface area contributed by atoms with Gasteiger partial charge >= 0.3 is 0 Å². The number of hydrogen-bond acceptors (Lipinski definition) is 3. The highest BCUT2D eigenvalue weighted by Gasteiger charge is 2.25. The van der Waals surface area contributed by atoms with E-state index >= 15 is 0 Å². The molecule has 3 rings (SSSR count). The van der Waals surface area contributed by atoms with Gasteiger partial charge in [-0.3, -0.25) is 9.59 Å². The summed E-state index contributed by atoms with van der Waals surface area (Å²) in [5, 5.41) is 3.10. The van der Waals surface area contributed by atoms with Crippen molar-refractivity contribution in [3.8, 4) is 5.75 Å². The zero-order valence-corrected chi connectivity index (χ0v) is 23.4. The molecule has 1 aliphatic carbocycles. The molecule has 0 saturated heterocycles. The fraction of sp³-hybridized carbons (Fsp3) is 0.500. The SMILES string of the molecule is CC/C(C)=C/c1cc(NC(=O)C2CCC(CC)CC2)ccc1OC.CCc1c(C)cccc1C(C)=O. The molecule has 0 bridgehead atoms. The van der Waals surface area contributed by atoms with Gasteiger partial charge in [-0.2, -0.15) is 0 Å². The Hall–Kier alpha value is -2.88. The van der Waals surface area contributed by atoms with Crippen LogP contribution in [0.4, 0.5) is 5.69 Å². The van der Waals surface area contributed by atoms with Crippen molar-refractivity contribution in [1.29, 1.82) is 0 Å². The molecule has 1 N–H and O–H groups in total. The van der Waals surface area contributed by atoms with Crippen LogP contribution in [-0.4, -0.2) is 18.8 Å². The van der Waals surface area contributed by atoms with Crippen LogP contribution in [-0.2, 0) is 11.2 Å². The quantitative estimate of drug-likeness (QED) is 0.377. The van der Waals surface area contributed by atoms with E-state index in [0.29, 0.717) is 0 Å². The number of nitrogens with one attached hydrogen (secondary N) is 1. The first-order valence-electron chi connectivity index (χ1n) is 13.5. The second-order valence-electron chi connectivity index (χ2n) is 9.93. The van der Waals surface area contributed by atoms with Crippen LogP contribution in [0.1, 0.15) is 100 Å². The fourth-order valence-corrected chi connectivity index (χ4v) is 4.87. The van der Waals surface area contributed by atoms with E-state index in [0.717, 1.165) is 54.2 Å². The van der Waals surface area contributed by atoms with Crippen molar-refractivity contribution in [2.75, 3.05) is 12.4 Å². The first-order chi connectivity index (χ1) is 17.2. The molecule has 0 heterocycles. The Morgan fingerprint density at radius 2 is 1.72 bits per heavy atom. The maximum Gasteiger partial charge on any atom is 0.227 e. The van der Waals surface area contributed by atoms with E-state index in [2.05, 4.69) is 39.1 Å². The Morgan fingerprint density at radius 3 is 2.25 bits per heavy atom. The maximum absolute atomic E-state index is 12.5. The predicted molar refractivity (Wildman–Crippen MR) is 152 cm³/mol. The number of benzene rings is 2. The molecule has 4 heteroatoms. The van der Waals surface area contributed by atoms with Crippen molar-refractivity contribution in [1.82, 2.24) is 0 Å². The lowest BCUT2D eigenvalue weighted by Crippen LogP contribution is -2.27. The topological polar surface area (TPSA) is 55.4 Å². The van der Waals surface area contributed by atoms with Crippen molar-refractivity contribution < 1.29 is 14.3 Å². The number of carbonyl (C=O) groups excluding carboxylic acids is 2. The van der Waals surface area contributed by atoms with Crippen LogP contribution < -0.4 is 10.1 Å². The molecule has 0 unspecified atom stereocenters. The predicted octanol–water partition coefficient (Wildman–Crippen LogP) is 8.42. The van der Waals surface area contributed by atoms with Crippen molar-refractivity contribution in [3.63, 3.8) is 0 Å². The van der Waals surface area contributed by atoms with Gasteiger partial charge < -0.3 is 10.1 Å². The number of Topliss-reactive ketones (excluding diaryl/α,β-unsaturated/α-hetero) is 1. The number of allylic oxidation sites excluding steroid dienone is 1. The molecule has 0 spiro atoms. The molecule has 1 amide bonds. The number of carbonyl (C=O) groups is 2. The van der Waals surface area contributed by atoms with E-state index in [4.69, 9.17) is 4.74 Å². The molecule has 0 atom stereocenters. The third-order valence-corrected chi connectivity index (χ3v) is 7.39. The lowest BCUT2D eigenvalue weighted by molar-refractivity contribution is -0.121. The van der Waals surface area contributed by atoms with Crippen LogP contribution in [0.15, 0.2) is 42.0 Å². The van der Waals surface area contributed by atoms with Gasteiger partial charge in [0.05, 0.1) is 7.11 Å². The van der Waals surface area contributed by atoms with Gasteiger partial charge in [-0.25, -0.2) is 0 Å². The monoisotopic (exact) mass is 491 g/mol. The largest absolute Gasteiger partial charge is 0.496 e. The average Bonchev–Trinajstić information content (AvgIpc) is 2.89. The molecule has 0 aromatic heterocycles. The number of ketones is 1. The highest BCUT2D eigenvalue weighted by molar-refractivity contribution is 5.96. The van der Waals surface area contributed by atoms with Crippen LogP contribution in [0.25, 0.3) is 6.08 Å². The van der Waals surface area contributed by atoms with E-state index in [1.54, 1.807) is 14.0 Å². The second-order valence-corrected chi connectivity index (χ2v) is 9.93. The van der Waals surface area contributed by atoms with E-state index in [9.17, 15) is 9.59 Å². The Kier molecular flexibility index (Phi) is 11.9. The molecule has 0 aliphatic heterocycles. The van der Waals surface area contributed by atoms with Crippen LogP contribution in [0.5, 0.6) is 5.75 Å². The first-order valence-corrected chi connectivity index (χ1v) is 13.5. The van der Waals surface area contributed by atoms with E-state index < -0.39 is 0 Å². The van der Waals surface area contributed by atoms with Gasteiger partial charge in [0.1, 0.15) is 5.75 Å². The lowest BCUT2D eigenvalue weighted by Gasteiger charge is -2.27. The highest BCUT2D eigenvalue weighted by Crippen LogP contribution is 2.32. The van der Waals surface area contributed by atoms with Gasteiger partial charge in [0, 0.05) is 22.7 Å². The van der Waals surface area contributed by atoms with Gasteiger partial charge in [0.15, 0.2) is 5.78 Å². The smallest absolute Gasteiger partial charge is 0.227 e. The maximum atomic E-state index is 12.5. The molecule has 2 aromatic rings. The molecule has 196 valence electrons. The minimum atomic E-state index is 0.159.